The maximum Gasteiger partial charge on any atom is 0.131 e. The number of benzene rings is 1. The van der Waals surface area contributed by atoms with Crippen molar-refractivity contribution in [1.29, 1.82) is 0 Å². The van der Waals surface area contributed by atoms with Gasteiger partial charge in [-0.05, 0) is 38.1 Å². The first-order chi connectivity index (χ1) is 9.67. The first-order valence-corrected chi connectivity index (χ1v) is 7.20. The van der Waals surface area contributed by atoms with Gasteiger partial charge >= 0.3 is 0 Å². The van der Waals surface area contributed by atoms with Gasteiger partial charge in [-0.3, -0.25) is 4.90 Å². The Morgan fingerprint density at radius 1 is 1.55 bits per heavy atom. The molecule has 1 saturated heterocycles. The number of hydrogen-bond acceptors (Lipinski definition) is 4. The Morgan fingerprint density at radius 3 is 3.05 bits per heavy atom. The molecule has 1 atom stereocenters. The highest BCUT2D eigenvalue weighted by molar-refractivity contribution is 5.72. The zero-order chi connectivity index (χ0) is 14.5. The Kier molecular flexibility index (Phi) is 4.90. The Balaban J connectivity index is 2.02. The quantitative estimate of drug-likeness (QED) is 0.837. The smallest absolute Gasteiger partial charge is 0.131 e. The molecule has 0 bridgehead atoms. The van der Waals surface area contributed by atoms with E-state index in [-0.39, 0.29) is 5.75 Å². The third kappa shape index (κ3) is 3.07. The first-order valence-electron chi connectivity index (χ1n) is 7.20. The van der Waals surface area contributed by atoms with Gasteiger partial charge in [0.2, 0.25) is 0 Å². The van der Waals surface area contributed by atoms with Crippen LogP contribution in [0.3, 0.4) is 0 Å². The molecule has 0 spiro atoms. The second-order valence-electron chi connectivity index (χ2n) is 5.14. The molecule has 2 N–H and O–H groups in total. The lowest BCUT2D eigenvalue weighted by Gasteiger charge is -2.24. The van der Waals surface area contributed by atoms with Gasteiger partial charge in [0.05, 0.1) is 12.7 Å². The minimum atomic E-state index is 0.195. The number of ether oxygens (including phenoxy) is 1. The van der Waals surface area contributed by atoms with Gasteiger partial charge < -0.3 is 15.2 Å². The number of likely N-dealkylation sites (N-methyl/N-ethyl adjacent to an activating group) is 1. The molecule has 1 aliphatic heterocycles. The van der Waals surface area contributed by atoms with Gasteiger partial charge in [0.25, 0.3) is 0 Å². The fraction of sp³-hybridized carbons (Fsp3) is 0.500. The van der Waals surface area contributed by atoms with E-state index < -0.39 is 0 Å². The van der Waals surface area contributed by atoms with Crippen LogP contribution >= 0.6 is 0 Å². The summed E-state index contributed by atoms with van der Waals surface area (Å²) in [4.78, 5) is 2.47. The summed E-state index contributed by atoms with van der Waals surface area (Å²) in [5.74, 6) is 0.835. The van der Waals surface area contributed by atoms with Crippen LogP contribution in [0.15, 0.2) is 24.8 Å². The summed E-state index contributed by atoms with van der Waals surface area (Å²) >= 11 is 0. The van der Waals surface area contributed by atoms with E-state index in [1.54, 1.807) is 19.2 Å². The van der Waals surface area contributed by atoms with Crippen molar-refractivity contribution in [3.05, 3.63) is 30.3 Å². The number of aromatic hydroxyl groups is 1. The number of phenols is 1. The van der Waals surface area contributed by atoms with Crippen LogP contribution in [-0.4, -0.2) is 42.8 Å². The van der Waals surface area contributed by atoms with E-state index in [4.69, 9.17) is 4.74 Å². The summed E-state index contributed by atoms with van der Waals surface area (Å²) in [6.45, 7) is 9.34. The maximum atomic E-state index is 9.99. The Morgan fingerprint density at radius 2 is 2.35 bits per heavy atom. The number of phenolic OH excluding ortho intramolecular Hbond substituents is 1. The van der Waals surface area contributed by atoms with Crippen LogP contribution in [0.4, 0.5) is 0 Å². The van der Waals surface area contributed by atoms with Gasteiger partial charge in [0.15, 0.2) is 0 Å². The Hall–Kier alpha value is -1.68. The average Bonchev–Trinajstić information content (AvgIpc) is 2.91. The molecule has 4 nitrogen and oxygen atoms in total. The molecule has 1 heterocycles. The van der Waals surface area contributed by atoms with E-state index in [1.165, 1.54) is 19.4 Å². The molecule has 0 amide bonds. The van der Waals surface area contributed by atoms with Gasteiger partial charge in [-0.25, -0.2) is 0 Å². The number of likely N-dealkylation sites (tertiary alicyclic amines) is 1. The first kappa shape index (κ1) is 14.7. The molecular formula is C16H24N2O2. The number of nitrogens with zero attached hydrogens (tertiary/aromatic N) is 1. The van der Waals surface area contributed by atoms with Crippen LogP contribution in [0.1, 0.15) is 25.3 Å². The maximum absolute atomic E-state index is 9.99. The predicted octanol–water partition coefficient (Wildman–Crippen LogP) is 2.45. The molecule has 0 aromatic heterocycles. The summed E-state index contributed by atoms with van der Waals surface area (Å²) in [6.07, 6.45) is 2.47. The van der Waals surface area contributed by atoms with Crippen LogP contribution < -0.4 is 10.1 Å². The largest absolute Gasteiger partial charge is 0.507 e. The van der Waals surface area contributed by atoms with E-state index in [9.17, 15) is 5.11 Å². The fourth-order valence-corrected chi connectivity index (χ4v) is 2.86. The van der Waals surface area contributed by atoms with Gasteiger partial charge in [-0.15, -0.1) is 0 Å². The molecular weight excluding hydrogens is 252 g/mol. The normalized spacial score (nSPS) is 19.0. The van der Waals surface area contributed by atoms with E-state index in [2.05, 4.69) is 23.7 Å². The molecule has 110 valence electrons. The van der Waals surface area contributed by atoms with Crippen LogP contribution in [-0.2, 0) is 0 Å². The molecule has 1 fully saturated rings. The Labute approximate surface area is 121 Å². The van der Waals surface area contributed by atoms with Gasteiger partial charge in [-0.2, -0.15) is 0 Å². The molecule has 20 heavy (non-hydrogen) atoms. The monoisotopic (exact) mass is 276 g/mol. The molecule has 1 aromatic rings. The van der Waals surface area contributed by atoms with Crippen LogP contribution in [0.5, 0.6) is 11.5 Å². The molecule has 0 radical (unpaired) electrons. The van der Waals surface area contributed by atoms with Crippen molar-refractivity contribution < 1.29 is 9.84 Å². The zero-order valence-electron chi connectivity index (χ0n) is 12.4. The highest BCUT2D eigenvalue weighted by Gasteiger charge is 2.23. The van der Waals surface area contributed by atoms with Crippen molar-refractivity contribution in [2.24, 2.45) is 0 Å². The van der Waals surface area contributed by atoms with Crippen molar-refractivity contribution in [1.82, 2.24) is 10.2 Å². The van der Waals surface area contributed by atoms with Gasteiger partial charge in [-0.1, -0.05) is 19.6 Å². The number of hydrogen-bond donors (Lipinski definition) is 2. The number of nitrogens with one attached hydrogen (secondary N) is 1. The molecule has 4 heteroatoms. The summed E-state index contributed by atoms with van der Waals surface area (Å²) in [6, 6.07) is 5.79. The van der Waals surface area contributed by atoms with Crippen molar-refractivity contribution in [2.45, 2.75) is 25.8 Å². The molecule has 1 unspecified atom stereocenters. The summed E-state index contributed by atoms with van der Waals surface area (Å²) < 4.78 is 5.29. The van der Waals surface area contributed by atoms with Crippen molar-refractivity contribution in [3.8, 4) is 11.5 Å². The number of rotatable bonds is 6. The van der Waals surface area contributed by atoms with Crippen LogP contribution in [0.2, 0.25) is 0 Å². The minimum absolute atomic E-state index is 0.195. The molecule has 0 saturated carbocycles. The molecule has 0 aliphatic carbocycles. The summed E-state index contributed by atoms with van der Waals surface area (Å²) in [7, 11) is 1.60. The molecule has 1 aromatic carbocycles. The van der Waals surface area contributed by atoms with Crippen molar-refractivity contribution in [3.63, 3.8) is 0 Å². The highest BCUT2D eigenvalue weighted by Crippen LogP contribution is 2.32. The van der Waals surface area contributed by atoms with Crippen molar-refractivity contribution >= 4 is 5.70 Å². The van der Waals surface area contributed by atoms with E-state index in [0.717, 1.165) is 13.1 Å². The SMILES string of the molecule is C=C(NCC1CCCN1CC)c1c(O)cccc1OC. The number of methoxy groups -OCH3 is 1. The lowest BCUT2D eigenvalue weighted by atomic mass is 10.1. The zero-order valence-corrected chi connectivity index (χ0v) is 12.4. The van der Waals surface area contributed by atoms with Crippen LogP contribution in [0.25, 0.3) is 5.70 Å². The van der Waals surface area contributed by atoms with Gasteiger partial charge in [0, 0.05) is 18.3 Å². The predicted molar refractivity (Wildman–Crippen MR) is 82.0 cm³/mol. The highest BCUT2D eigenvalue weighted by atomic mass is 16.5. The second kappa shape index (κ2) is 6.66. The summed E-state index contributed by atoms with van der Waals surface area (Å²) in [5, 5.41) is 13.3. The Bertz CT molecular complexity index is 474. The topological polar surface area (TPSA) is 44.7 Å². The average molecular weight is 276 g/mol. The fourth-order valence-electron chi connectivity index (χ4n) is 2.86. The van der Waals surface area contributed by atoms with E-state index in [0.29, 0.717) is 23.1 Å². The molecule has 2 rings (SSSR count). The standard InChI is InChI=1S/C16H24N2O2/c1-4-18-10-6-7-13(18)11-17-12(2)16-14(19)8-5-9-15(16)20-3/h5,8-9,13,17,19H,2,4,6-7,10-11H2,1,3H3. The van der Waals surface area contributed by atoms with Crippen LogP contribution in [0, 0.1) is 0 Å². The van der Waals surface area contributed by atoms with E-state index in [1.807, 2.05) is 6.07 Å². The third-order valence-electron chi connectivity index (χ3n) is 3.98. The second-order valence-corrected chi connectivity index (χ2v) is 5.14. The lowest BCUT2D eigenvalue weighted by molar-refractivity contribution is 0.266. The van der Waals surface area contributed by atoms with Crippen molar-refractivity contribution in [2.75, 3.05) is 26.7 Å². The third-order valence-corrected chi connectivity index (χ3v) is 3.98. The lowest BCUT2D eigenvalue weighted by Crippen LogP contribution is -2.37. The summed E-state index contributed by atoms with van der Waals surface area (Å²) in [5.41, 5.74) is 1.36. The molecule has 1 aliphatic rings. The minimum Gasteiger partial charge on any atom is -0.507 e. The van der Waals surface area contributed by atoms with Gasteiger partial charge in [0.1, 0.15) is 11.5 Å². The van der Waals surface area contributed by atoms with E-state index >= 15 is 0 Å².